The van der Waals surface area contributed by atoms with Crippen LogP contribution in [0, 0.1) is 5.82 Å². The lowest BCUT2D eigenvalue weighted by atomic mass is 9.88. The molecule has 2 unspecified atom stereocenters. The van der Waals surface area contributed by atoms with E-state index in [1.807, 2.05) is 24.4 Å². The zero-order chi connectivity index (χ0) is 18.4. The first-order valence-corrected chi connectivity index (χ1v) is 9.04. The monoisotopic (exact) mass is 356 g/mol. The quantitative estimate of drug-likeness (QED) is 0.795. The fourth-order valence-electron chi connectivity index (χ4n) is 3.60. The molecule has 26 heavy (non-hydrogen) atoms. The molecule has 2 aromatic rings. The summed E-state index contributed by atoms with van der Waals surface area (Å²) < 4.78 is 13.3. The first kappa shape index (κ1) is 18.5. The van der Waals surface area contributed by atoms with Crippen LogP contribution in [0.2, 0.25) is 0 Å². The Morgan fingerprint density at radius 1 is 1.31 bits per heavy atom. The number of benzene rings is 1. The number of primary amides is 1. The topological polar surface area (TPSA) is 71.2 Å². The van der Waals surface area contributed by atoms with Crippen LogP contribution < -0.4 is 11.1 Å². The molecule has 1 aromatic carbocycles. The van der Waals surface area contributed by atoms with Gasteiger partial charge in [0.15, 0.2) is 0 Å². The Morgan fingerprint density at radius 3 is 2.81 bits per heavy atom. The Hall–Kier alpha value is -2.31. The molecule has 0 spiro atoms. The first-order chi connectivity index (χ1) is 12.6. The summed E-state index contributed by atoms with van der Waals surface area (Å²) in [5, 5.41) is 3.22. The Labute approximate surface area is 153 Å². The summed E-state index contributed by atoms with van der Waals surface area (Å²) in [7, 11) is 0. The van der Waals surface area contributed by atoms with Gasteiger partial charge in [-0.3, -0.25) is 14.7 Å². The molecule has 1 aromatic heterocycles. The van der Waals surface area contributed by atoms with Crippen molar-refractivity contribution in [1.82, 2.24) is 15.2 Å². The number of rotatable bonds is 7. The Balaban J connectivity index is 1.68. The third-order valence-corrected chi connectivity index (χ3v) is 4.98. The van der Waals surface area contributed by atoms with Gasteiger partial charge < -0.3 is 11.1 Å². The summed E-state index contributed by atoms with van der Waals surface area (Å²) in [6, 6.07) is 10.4. The summed E-state index contributed by atoms with van der Waals surface area (Å²) in [6.45, 7) is 3.11. The van der Waals surface area contributed by atoms with Crippen molar-refractivity contribution < 1.29 is 9.18 Å². The summed E-state index contributed by atoms with van der Waals surface area (Å²) >= 11 is 0. The van der Waals surface area contributed by atoms with E-state index in [4.69, 9.17) is 5.73 Å². The van der Waals surface area contributed by atoms with Crippen molar-refractivity contribution in [3.8, 4) is 0 Å². The van der Waals surface area contributed by atoms with E-state index in [0.717, 1.165) is 43.6 Å². The van der Waals surface area contributed by atoms with E-state index in [1.54, 1.807) is 6.20 Å². The molecule has 0 radical (unpaired) electrons. The number of hydrogen-bond acceptors (Lipinski definition) is 4. The number of piperazine rings is 1. The van der Waals surface area contributed by atoms with Crippen LogP contribution in [0.1, 0.15) is 29.9 Å². The molecule has 6 heteroatoms. The molecule has 2 heterocycles. The largest absolute Gasteiger partial charge is 0.368 e. The maximum absolute atomic E-state index is 13.3. The van der Waals surface area contributed by atoms with E-state index in [1.165, 1.54) is 12.1 Å². The van der Waals surface area contributed by atoms with E-state index in [2.05, 4.69) is 21.3 Å². The smallest absolute Gasteiger partial charge is 0.236 e. The molecule has 1 aliphatic heterocycles. The zero-order valence-corrected chi connectivity index (χ0v) is 14.8. The van der Waals surface area contributed by atoms with Crippen LogP contribution >= 0.6 is 0 Å². The number of nitrogens with zero attached hydrogens (tertiary/aromatic N) is 2. The predicted octanol–water partition coefficient (Wildman–Crippen LogP) is 1.89. The van der Waals surface area contributed by atoms with Gasteiger partial charge in [0.1, 0.15) is 11.9 Å². The van der Waals surface area contributed by atoms with Gasteiger partial charge in [-0.05, 0) is 48.7 Å². The van der Waals surface area contributed by atoms with E-state index in [9.17, 15) is 9.18 Å². The molecule has 138 valence electrons. The average Bonchev–Trinajstić information content (AvgIpc) is 2.67. The minimum absolute atomic E-state index is 0.152. The molecule has 2 atom stereocenters. The fraction of sp³-hybridized carbons (Fsp3) is 0.400. The SMILES string of the molecule is NC(=O)C1CNCCN1CCCC(c1ccc(F)cc1)c1cccnc1. The van der Waals surface area contributed by atoms with Gasteiger partial charge >= 0.3 is 0 Å². The summed E-state index contributed by atoms with van der Waals surface area (Å²) in [6.07, 6.45) is 5.43. The lowest BCUT2D eigenvalue weighted by molar-refractivity contribution is -0.123. The van der Waals surface area contributed by atoms with Crippen molar-refractivity contribution in [2.24, 2.45) is 5.73 Å². The maximum atomic E-state index is 13.3. The number of nitrogens with one attached hydrogen (secondary N) is 1. The maximum Gasteiger partial charge on any atom is 0.236 e. The highest BCUT2D eigenvalue weighted by molar-refractivity contribution is 5.80. The van der Waals surface area contributed by atoms with E-state index in [0.29, 0.717) is 6.54 Å². The number of carbonyl (C=O) groups excluding carboxylic acids is 1. The average molecular weight is 356 g/mol. The first-order valence-electron chi connectivity index (χ1n) is 9.04. The van der Waals surface area contributed by atoms with Crippen LogP contribution in [0.4, 0.5) is 4.39 Å². The molecule has 1 saturated heterocycles. The van der Waals surface area contributed by atoms with Crippen LogP contribution in [-0.2, 0) is 4.79 Å². The summed E-state index contributed by atoms with van der Waals surface area (Å²) in [5.74, 6) is -0.359. The van der Waals surface area contributed by atoms with Gasteiger partial charge in [-0.15, -0.1) is 0 Å². The number of carbonyl (C=O) groups is 1. The van der Waals surface area contributed by atoms with Crippen LogP contribution in [0.5, 0.6) is 0 Å². The number of nitrogens with two attached hydrogens (primary N) is 1. The molecule has 0 aliphatic carbocycles. The van der Waals surface area contributed by atoms with Crippen molar-refractivity contribution in [1.29, 1.82) is 0 Å². The Kier molecular flexibility index (Phi) is 6.30. The molecule has 3 N–H and O–H groups in total. The van der Waals surface area contributed by atoms with Crippen molar-refractivity contribution in [3.05, 3.63) is 65.7 Å². The van der Waals surface area contributed by atoms with E-state index >= 15 is 0 Å². The van der Waals surface area contributed by atoms with Crippen LogP contribution in [-0.4, -0.2) is 48.0 Å². The lowest BCUT2D eigenvalue weighted by Gasteiger charge is -2.34. The van der Waals surface area contributed by atoms with Crippen LogP contribution in [0.25, 0.3) is 0 Å². The number of halogens is 1. The minimum Gasteiger partial charge on any atom is -0.368 e. The second kappa shape index (κ2) is 8.87. The zero-order valence-electron chi connectivity index (χ0n) is 14.8. The second-order valence-electron chi connectivity index (χ2n) is 6.69. The van der Waals surface area contributed by atoms with Gasteiger partial charge in [0.05, 0.1) is 0 Å². The van der Waals surface area contributed by atoms with Gasteiger partial charge in [0.2, 0.25) is 5.91 Å². The van der Waals surface area contributed by atoms with Crippen molar-refractivity contribution in [2.45, 2.75) is 24.8 Å². The number of pyridine rings is 1. The molecular weight excluding hydrogens is 331 g/mol. The van der Waals surface area contributed by atoms with Crippen LogP contribution in [0.3, 0.4) is 0 Å². The van der Waals surface area contributed by atoms with Crippen LogP contribution in [0.15, 0.2) is 48.8 Å². The van der Waals surface area contributed by atoms with Crippen molar-refractivity contribution in [3.63, 3.8) is 0 Å². The van der Waals surface area contributed by atoms with Gasteiger partial charge in [-0.2, -0.15) is 0 Å². The minimum atomic E-state index is -0.278. The standard InChI is InChI=1S/C20H25FN4O/c21-17-7-5-15(6-8-17)18(16-3-1-9-23-13-16)4-2-11-25-12-10-24-14-19(25)20(22)26/h1,3,5-9,13,18-19,24H,2,4,10-12,14H2,(H2,22,26). The lowest BCUT2D eigenvalue weighted by Crippen LogP contribution is -2.56. The molecule has 1 amide bonds. The normalized spacial score (nSPS) is 19.2. The third-order valence-electron chi connectivity index (χ3n) is 4.98. The van der Waals surface area contributed by atoms with E-state index in [-0.39, 0.29) is 23.7 Å². The van der Waals surface area contributed by atoms with E-state index < -0.39 is 0 Å². The molecule has 1 fully saturated rings. The molecule has 0 saturated carbocycles. The predicted molar refractivity (Wildman–Crippen MR) is 99.1 cm³/mol. The summed E-state index contributed by atoms with van der Waals surface area (Å²) in [4.78, 5) is 18.0. The highest BCUT2D eigenvalue weighted by Crippen LogP contribution is 2.29. The third kappa shape index (κ3) is 4.65. The van der Waals surface area contributed by atoms with Crippen molar-refractivity contribution >= 4 is 5.91 Å². The van der Waals surface area contributed by atoms with Gasteiger partial charge in [-0.1, -0.05) is 18.2 Å². The van der Waals surface area contributed by atoms with Gasteiger partial charge in [0, 0.05) is 37.9 Å². The Bertz CT molecular complexity index is 708. The fourth-order valence-corrected chi connectivity index (χ4v) is 3.60. The molecule has 1 aliphatic rings. The molecule has 0 bridgehead atoms. The second-order valence-corrected chi connectivity index (χ2v) is 6.69. The molecule has 3 rings (SSSR count). The number of aromatic nitrogens is 1. The number of hydrogen-bond donors (Lipinski definition) is 2. The highest BCUT2D eigenvalue weighted by Gasteiger charge is 2.26. The Morgan fingerprint density at radius 2 is 2.12 bits per heavy atom. The highest BCUT2D eigenvalue weighted by atomic mass is 19.1. The molecule has 5 nitrogen and oxygen atoms in total. The van der Waals surface area contributed by atoms with Gasteiger partial charge in [0.25, 0.3) is 0 Å². The molecular formula is C20H25FN4O. The van der Waals surface area contributed by atoms with Gasteiger partial charge in [-0.25, -0.2) is 4.39 Å². The summed E-state index contributed by atoms with van der Waals surface area (Å²) in [5.41, 5.74) is 7.71. The van der Waals surface area contributed by atoms with Crippen molar-refractivity contribution in [2.75, 3.05) is 26.2 Å². The number of amides is 1.